The fraction of sp³-hybridized carbons (Fsp3) is 0.927. The van der Waals surface area contributed by atoms with Crippen LogP contribution in [0.5, 0.6) is 0 Å². The van der Waals surface area contributed by atoms with Gasteiger partial charge in [0.1, 0.15) is 0 Å². The molecule has 2 N–H and O–H groups in total. The van der Waals surface area contributed by atoms with Gasteiger partial charge in [0, 0.05) is 44.3 Å². The Kier molecular flexibility index (Phi) is 17.6. The summed E-state index contributed by atoms with van der Waals surface area (Å²) < 4.78 is 0. The molecule has 4 saturated carbocycles. The van der Waals surface area contributed by atoms with Gasteiger partial charge in [-0.3, -0.25) is 0 Å². The minimum Gasteiger partial charge on any atom is -0.357 e. The van der Waals surface area contributed by atoms with Gasteiger partial charge >= 0.3 is 0 Å². The van der Waals surface area contributed by atoms with E-state index in [2.05, 4.69) is 32.4 Å². The van der Waals surface area contributed by atoms with Gasteiger partial charge in [-0.05, 0) is 97.2 Å². The lowest BCUT2D eigenvalue weighted by molar-refractivity contribution is 0.188. The highest BCUT2D eigenvalue weighted by atomic mass is 15.4. The Morgan fingerprint density at radius 1 is 0.490 bits per heavy atom. The number of hydrogen-bond acceptors (Lipinski definition) is 8. The van der Waals surface area contributed by atoms with Crippen molar-refractivity contribution >= 4 is 17.8 Å². The topological polar surface area (TPSA) is 72.5 Å². The van der Waals surface area contributed by atoms with Crippen molar-refractivity contribution in [2.45, 2.75) is 204 Å². The molecule has 4 aliphatic rings. The van der Waals surface area contributed by atoms with Gasteiger partial charge < -0.3 is 25.3 Å². The van der Waals surface area contributed by atoms with Crippen LogP contribution in [0, 0.1) is 0 Å². The molecule has 1 aromatic heterocycles. The van der Waals surface area contributed by atoms with Crippen LogP contribution in [-0.4, -0.2) is 84.3 Å². The second-order valence-corrected chi connectivity index (χ2v) is 16.4. The summed E-state index contributed by atoms with van der Waals surface area (Å²) in [7, 11) is 4.34. The van der Waals surface area contributed by atoms with Crippen molar-refractivity contribution in [1.82, 2.24) is 25.2 Å². The Bertz CT molecular complexity index is 997. The number of aromatic nitrogens is 3. The molecule has 0 amide bonds. The first kappa shape index (κ1) is 38.6. The molecule has 1 heterocycles. The third-order valence-corrected chi connectivity index (χ3v) is 12.6. The van der Waals surface area contributed by atoms with E-state index < -0.39 is 0 Å². The van der Waals surface area contributed by atoms with E-state index in [1.54, 1.807) is 0 Å². The molecule has 8 heteroatoms. The van der Waals surface area contributed by atoms with Crippen LogP contribution in [-0.2, 0) is 0 Å². The van der Waals surface area contributed by atoms with E-state index in [-0.39, 0.29) is 0 Å². The molecule has 280 valence electrons. The van der Waals surface area contributed by atoms with Crippen LogP contribution in [0.25, 0.3) is 0 Å². The van der Waals surface area contributed by atoms with E-state index in [9.17, 15) is 0 Å². The monoisotopic (exact) mass is 681 g/mol. The van der Waals surface area contributed by atoms with Crippen LogP contribution < -0.4 is 20.4 Å². The van der Waals surface area contributed by atoms with Gasteiger partial charge in [0.05, 0.1) is 0 Å². The van der Waals surface area contributed by atoms with Crippen molar-refractivity contribution in [2.75, 3.05) is 55.4 Å². The fourth-order valence-corrected chi connectivity index (χ4v) is 9.47. The van der Waals surface area contributed by atoms with Crippen molar-refractivity contribution in [2.24, 2.45) is 0 Å². The summed E-state index contributed by atoms with van der Waals surface area (Å²) in [5, 5.41) is 7.18. The third-order valence-electron chi connectivity index (χ3n) is 12.6. The van der Waals surface area contributed by atoms with Gasteiger partial charge in [-0.2, -0.15) is 15.0 Å². The molecule has 0 unspecified atom stereocenters. The van der Waals surface area contributed by atoms with Crippen molar-refractivity contribution in [1.29, 1.82) is 0 Å². The zero-order valence-corrected chi connectivity index (χ0v) is 32.1. The SMILES string of the molecule is CNc1nc(N(CCCCCCNC2CCCCC2)C2CCCCC2)nc(N(CCCCCCN(C)C2CCCCC2)C2CCCCC2)n1. The minimum atomic E-state index is 0.552. The van der Waals surface area contributed by atoms with Gasteiger partial charge in [-0.1, -0.05) is 103 Å². The standard InChI is InChI=1S/C41H76N8/c1-42-39-44-40(48(37-27-15-9-16-28-37)33-21-4-3-19-31-43-35-23-11-7-12-24-35)46-41(45-39)49(38-29-17-10-18-30-38)34-22-6-5-20-32-47(2)36-25-13-8-14-26-36/h35-38,43H,3-34H2,1-2H3,(H,42,44,45,46). The molecule has 0 spiro atoms. The first-order chi connectivity index (χ1) is 24.2. The Balaban J connectivity index is 1.17. The summed E-state index contributed by atoms with van der Waals surface area (Å²) in [6.07, 6.45) is 37.6. The maximum Gasteiger partial charge on any atom is 0.232 e. The van der Waals surface area contributed by atoms with E-state index in [1.165, 1.54) is 193 Å². The lowest BCUT2D eigenvalue weighted by Gasteiger charge is -2.37. The highest BCUT2D eigenvalue weighted by Crippen LogP contribution is 2.31. The second-order valence-electron chi connectivity index (χ2n) is 16.4. The Hall–Kier alpha value is -1.67. The normalized spacial score (nSPS) is 20.6. The van der Waals surface area contributed by atoms with Crippen LogP contribution >= 0.6 is 0 Å². The van der Waals surface area contributed by atoms with E-state index in [0.29, 0.717) is 12.1 Å². The van der Waals surface area contributed by atoms with Crippen LogP contribution in [0.15, 0.2) is 0 Å². The molecule has 49 heavy (non-hydrogen) atoms. The molecule has 0 atom stereocenters. The van der Waals surface area contributed by atoms with E-state index in [4.69, 9.17) is 15.0 Å². The Morgan fingerprint density at radius 3 is 1.41 bits per heavy atom. The Morgan fingerprint density at radius 2 is 0.918 bits per heavy atom. The predicted octanol–water partition coefficient (Wildman–Crippen LogP) is 9.50. The highest BCUT2D eigenvalue weighted by molar-refractivity contribution is 5.46. The predicted molar refractivity (Wildman–Crippen MR) is 209 cm³/mol. The van der Waals surface area contributed by atoms with Crippen molar-refractivity contribution < 1.29 is 0 Å². The second kappa shape index (κ2) is 22.3. The molecule has 1 aromatic rings. The van der Waals surface area contributed by atoms with Crippen LogP contribution in [0.1, 0.15) is 180 Å². The van der Waals surface area contributed by atoms with Crippen LogP contribution in [0.3, 0.4) is 0 Å². The first-order valence-electron chi connectivity index (χ1n) is 21.6. The van der Waals surface area contributed by atoms with Gasteiger partial charge in [0.15, 0.2) is 0 Å². The molecule has 5 rings (SSSR count). The maximum atomic E-state index is 5.38. The van der Waals surface area contributed by atoms with Crippen molar-refractivity contribution in [3.63, 3.8) is 0 Å². The number of anilines is 3. The first-order valence-corrected chi connectivity index (χ1v) is 21.6. The minimum absolute atomic E-state index is 0.552. The van der Waals surface area contributed by atoms with Gasteiger partial charge in [-0.25, -0.2) is 0 Å². The summed E-state index contributed by atoms with van der Waals surface area (Å²) in [4.78, 5) is 23.4. The van der Waals surface area contributed by atoms with E-state index >= 15 is 0 Å². The van der Waals surface area contributed by atoms with Gasteiger partial charge in [0.2, 0.25) is 17.8 Å². The van der Waals surface area contributed by atoms with Crippen LogP contribution in [0.4, 0.5) is 17.8 Å². The molecule has 4 fully saturated rings. The fourth-order valence-electron chi connectivity index (χ4n) is 9.47. The lowest BCUT2D eigenvalue weighted by Crippen LogP contribution is -2.41. The molecular weight excluding hydrogens is 605 g/mol. The Labute approximate surface area is 301 Å². The summed E-state index contributed by atoms with van der Waals surface area (Å²) in [5.41, 5.74) is 0. The number of nitrogens with zero attached hydrogens (tertiary/aromatic N) is 6. The number of rotatable bonds is 21. The summed E-state index contributed by atoms with van der Waals surface area (Å²) in [5.74, 6) is 2.58. The lowest BCUT2D eigenvalue weighted by atomic mass is 9.94. The summed E-state index contributed by atoms with van der Waals surface area (Å²) >= 11 is 0. The third kappa shape index (κ3) is 13.1. The zero-order chi connectivity index (χ0) is 33.9. The van der Waals surface area contributed by atoms with Crippen molar-refractivity contribution in [3.8, 4) is 0 Å². The molecule has 0 aliphatic heterocycles. The maximum absolute atomic E-state index is 5.38. The average molecular weight is 681 g/mol. The average Bonchev–Trinajstić information content (AvgIpc) is 3.16. The van der Waals surface area contributed by atoms with Crippen molar-refractivity contribution in [3.05, 3.63) is 0 Å². The van der Waals surface area contributed by atoms with Gasteiger partial charge in [-0.15, -0.1) is 0 Å². The highest BCUT2D eigenvalue weighted by Gasteiger charge is 2.28. The number of nitrogens with one attached hydrogen (secondary N) is 2. The number of hydrogen-bond donors (Lipinski definition) is 2. The quantitative estimate of drug-likeness (QED) is 0.124. The largest absolute Gasteiger partial charge is 0.357 e. The molecular formula is C41H76N8. The van der Waals surface area contributed by atoms with E-state index in [1.807, 2.05) is 7.05 Å². The molecule has 4 aliphatic carbocycles. The van der Waals surface area contributed by atoms with Crippen LogP contribution in [0.2, 0.25) is 0 Å². The molecule has 8 nitrogen and oxygen atoms in total. The summed E-state index contributed by atoms with van der Waals surface area (Å²) in [6, 6.07) is 2.71. The smallest absolute Gasteiger partial charge is 0.232 e. The molecule has 0 bridgehead atoms. The zero-order valence-electron chi connectivity index (χ0n) is 32.1. The molecule has 0 radical (unpaired) electrons. The van der Waals surface area contributed by atoms with E-state index in [0.717, 1.165) is 43.0 Å². The number of unbranched alkanes of at least 4 members (excludes halogenated alkanes) is 6. The molecule has 0 saturated heterocycles. The summed E-state index contributed by atoms with van der Waals surface area (Å²) in [6.45, 7) is 4.57. The van der Waals surface area contributed by atoms with Gasteiger partial charge in [0.25, 0.3) is 0 Å². The molecule has 0 aromatic carbocycles.